The van der Waals surface area contributed by atoms with Crippen LogP contribution in [0.5, 0.6) is 0 Å². The van der Waals surface area contributed by atoms with Gasteiger partial charge in [-0.1, -0.05) is 12.1 Å². The Kier molecular flexibility index (Phi) is 6.05. The number of rotatable bonds is 6. The highest BCUT2D eigenvalue weighted by Gasteiger charge is 2.41. The Bertz CT molecular complexity index is 878. The molecular formula is C18H23ClN4O3. The number of aromatic amines is 1. The highest BCUT2D eigenvalue weighted by atomic mass is 35.5. The van der Waals surface area contributed by atoms with Crippen LogP contribution < -0.4 is 21.8 Å². The molecule has 1 atom stereocenters. The van der Waals surface area contributed by atoms with Gasteiger partial charge in [0.05, 0.1) is 12.1 Å². The number of hydrogen-bond acceptors (Lipinski definition) is 4. The summed E-state index contributed by atoms with van der Waals surface area (Å²) in [6.45, 7) is 2.06. The molecule has 8 heteroatoms. The van der Waals surface area contributed by atoms with Crippen molar-refractivity contribution in [2.24, 2.45) is 11.7 Å². The first-order chi connectivity index (χ1) is 11.9. The number of H-pyrrole nitrogens is 1. The lowest BCUT2D eigenvalue weighted by molar-refractivity contribution is -0.122. The summed E-state index contributed by atoms with van der Waals surface area (Å²) < 4.78 is 0. The Morgan fingerprint density at radius 3 is 2.65 bits per heavy atom. The topological polar surface area (TPSA) is 117 Å². The van der Waals surface area contributed by atoms with Gasteiger partial charge in [0.2, 0.25) is 11.3 Å². The summed E-state index contributed by atoms with van der Waals surface area (Å²) in [6, 6.07) is 6.95. The van der Waals surface area contributed by atoms with E-state index in [0.717, 1.165) is 12.8 Å². The highest BCUT2D eigenvalue weighted by molar-refractivity contribution is 5.98. The Hall–Kier alpha value is -2.38. The third-order valence-electron chi connectivity index (χ3n) is 4.77. The van der Waals surface area contributed by atoms with E-state index in [1.807, 2.05) is 6.92 Å². The zero-order valence-corrected chi connectivity index (χ0v) is 15.3. The minimum Gasteiger partial charge on any atom is -0.360 e. The maximum Gasteiger partial charge on any atom is 0.257 e. The average molecular weight is 379 g/mol. The zero-order chi connectivity index (χ0) is 18.0. The molecule has 2 amide bonds. The lowest BCUT2D eigenvalue weighted by atomic mass is 9.96. The van der Waals surface area contributed by atoms with Gasteiger partial charge in [-0.15, -0.1) is 12.4 Å². The molecule has 1 aliphatic rings. The van der Waals surface area contributed by atoms with Crippen molar-refractivity contribution in [2.75, 3.05) is 13.1 Å². The molecule has 0 radical (unpaired) electrons. The fourth-order valence-corrected chi connectivity index (χ4v) is 2.99. The molecule has 1 aromatic heterocycles. The smallest absolute Gasteiger partial charge is 0.257 e. The predicted molar refractivity (Wildman–Crippen MR) is 102 cm³/mol. The molecule has 1 saturated carbocycles. The molecule has 140 valence electrons. The van der Waals surface area contributed by atoms with Crippen molar-refractivity contribution in [3.63, 3.8) is 0 Å². The number of fused-ring (bicyclic) bond motifs is 1. The first-order valence-electron chi connectivity index (χ1n) is 8.34. The molecule has 26 heavy (non-hydrogen) atoms. The number of amides is 2. The molecule has 1 heterocycles. The average Bonchev–Trinajstić information content (AvgIpc) is 3.46. The SMILES string of the molecule is CC(CN)(NC(=O)CNC(=O)c1c[nH]c2ccccc2c1=O)C1CC1.Cl. The van der Waals surface area contributed by atoms with Crippen molar-refractivity contribution in [3.05, 3.63) is 46.2 Å². The Labute approximate surface area is 157 Å². The van der Waals surface area contributed by atoms with Gasteiger partial charge in [0.1, 0.15) is 5.56 Å². The summed E-state index contributed by atoms with van der Waals surface area (Å²) >= 11 is 0. The van der Waals surface area contributed by atoms with Crippen LogP contribution in [0.3, 0.4) is 0 Å². The number of aromatic nitrogens is 1. The lowest BCUT2D eigenvalue weighted by Crippen LogP contribution is -2.55. The molecule has 5 N–H and O–H groups in total. The molecule has 0 bridgehead atoms. The minimum atomic E-state index is -0.581. The number of carbonyl (C=O) groups excluding carboxylic acids is 2. The van der Waals surface area contributed by atoms with Crippen molar-refractivity contribution in [1.82, 2.24) is 15.6 Å². The number of benzene rings is 1. The van der Waals surface area contributed by atoms with Gasteiger partial charge in [0, 0.05) is 23.6 Å². The maximum atomic E-state index is 12.4. The molecule has 0 aliphatic heterocycles. The number of para-hydroxylation sites is 1. The van der Waals surface area contributed by atoms with Crippen LogP contribution in [0.1, 0.15) is 30.1 Å². The van der Waals surface area contributed by atoms with Crippen molar-refractivity contribution in [2.45, 2.75) is 25.3 Å². The van der Waals surface area contributed by atoms with E-state index in [1.165, 1.54) is 6.20 Å². The molecule has 1 fully saturated rings. The molecule has 1 unspecified atom stereocenters. The summed E-state index contributed by atoms with van der Waals surface area (Å²) in [4.78, 5) is 39.7. The third kappa shape index (κ3) is 4.05. The number of nitrogens with one attached hydrogen (secondary N) is 3. The van der Waals surface area contributed by atoms with E-state index in [2.05, 4.69) is 15.6 Å². The first kappa shape index (κ1) is 19.9. The normalized spacial score (nSPS) is 15.6. The second-order valence-corrected chi connectivity index (χ2v) is 6.70. The second-order valence-electron chi connectivity index (χ2n) is 6.70. The van der Waals surface area contributed by atoms with Gasteiger partial charge in [-0.25, -0.2) is 0 Å². The molecule has 0 saturated heterocycles. The summed E-state index contributed by atoms with van der Waals surface area (Å²) in [6.07, 6.45) is 3.46. The number of halogens is 1. The fraction of sp³-hybridized carbons (Fsp3) is 0.389. The number of carbonyl (C=O) groups is 2. The van der Waals surface area contributed by atoms with Gasteiger partial charge < -0.3 is 21.4 Å². The zero-order valence-electron chi connectivity index (χ0n) is 14.5. The van der Waals surface area contributed by atoms with Gasteiger partial charge in [-0.3, -0.25) is 14.4 Å². The summed E-state index contributed by atoms with van der Waals surface area (Å²) in [5, 5.41) is 5.82. The maximum absolute atomic E-state index is 12.4. The van der Waals surface area contributed by atoms with Crippen LogP contribution >= 0.6 is 12.4 Å². The van der Waals surface area contributed by atoms with Gasteiger partial charge in [0.15, 0.2) is 0 Å². The van der Waals surface area contributed by atoms with Crippen LogP contribution in [0.25, 0.3) is 10.9 Å². The van der Waals surface area contributed by atoms with Crippen LogP contribution in [0.4, 0.5) is 0 Å². The summed E-state index contributed by atoms with van der Waals surface area (Å²) in [5.41, 5.74) is 5.60. The van der Waals surface area contributed by atoms with Crippen LogP contribution in [-0.2, 0) is 4.79 Å². The third-order valence-corrected chi connectivity index (χ3v) is 4.77. The van der Waals surface area contributed by atoms with Crippen LogP contribution in [0.2, 0.25) is 0 Å². The number of pyridine rings is 1. The number of nitrogens with two attached hydrogens (primary N) is 1. The molecule has 7 nitrogen and oxygen atoms in total. The van der Waals surface area contributed by atoms with Crippen LogP contribution in [0.15, 0.2) is 35.3 Å². The Morgan fingerprint density at radius 2 is 2.00 bits per heavy atom. The van der Waals surface area contributed by atoms with E-state index in [1.54, 1.807) is 24.3 Å². The van der Waals surface area contributed by atoms with E-state index >= 15 is 0 Å². The lowest BCUT2D eigenvalue weighted by Gasteiger charge is -2.29. The number of hydrogen-bond donors (Lipinski definition) is 4. The van der Waals surface area contributed by atoms with Gasteiger partial charge in [-0.05, 0) is 37.8 Å². The van der Waals surface area contributed by atoms with Crippen molar-refractivity contribution in [1.29, 1.82) is 0 Å². The Balaban J connectivity index is 0.00000243. The predicted octanol–water partition coefficient (Wildman–Crippen LogP) is 0.923. The monoisotopic (exact) mass is 378 g/mol. The molecule has 1 aromatic carbocycles. The van der Waals surface area contributed by atoms with Gasteiger partial charge >= 0.3 is 0 Å². The van der Waals surface area contributed by atoms with Crippen molar-refractivity contribution in [3.8, 4) is 0 Å². The largest absolute Gasteiger partial charge is 0.360 e. The molecule has 1 aliphatic carbocycles. The molecule has 2 aromatic rings. The van der Waals surface area contributed by atoms with Crippen molar-refractivity contribution >= 4 is 35.1 Å². The molecular weight excluding hydrogens is 356 g/mol. The van der Waals surface area contributed by atoms with Gasteiger partial charge in [0.25, 0.3) is 5.91 Å². The molecule has 0 spiro atoms. The van der Waals surface area contributed by atoms with Crippen molar-refractivity contribution < 1.29 is 9.59 Å². The Morgan fingerprint density at radius 1 is 1.31 bits per heavy atom. The van der Waals surface area contributed by atoms with E-state index < -0.39 is 11.4 Å². The van der Waals surface area contributed by atoms with E-state index in [4.69, 9.17) is 5.73 Å². The first-order valence-corrected chi connectivity index (χ1v) is 8.34. The highest BCUT2D eigenvalue weighted by Crippen LogP contribution is 2.38. The van der Waals surface area contributed by atoms with Crippen LogP contribution in [0, 0.1) is 5.92 Å². The molecule has 3 rings (SSSR count). The van der Waals surface area contributed by atoms with E-state index in [9.17, 15) is 14.4 Å². The fourth-order valence-electron chi connectivity index (χ4n) is 2.99. The summed E-state index contributed by atoms with van der Waals surface area (Å²) in [7, 11) is 0. The van der Waals surface area contributed by atoms with Crippen LogP contribution in [-0.4, -0.2) is 35.4 Å². The van der Waals surface area contributed by atoms with E-state index in [-0.39, 0.29) is 35.9 Å². The van der Waals surface area contributed by atoms with E-state index in [0.29, 0.717) is 23.4 Å². The standard InChI is InChI=1S/C18H22N4O3.ClH/c1-18(10-19,11-6-7-11)22-15(23)9-21-17(25)13-8-20-14-5-3-2-4-12(14)16(13)24;/h2-5,8,11H,6-7,9-10,19H2,1H3,(H,20,24)(H,21,25)(H,22,23);1H. The van der Waals surface area contributed by atoms with Gasteiger partial charge in [-0.2, -0.15) is 0 Å². The second kappa shape index (κ2) is 7.88. The summed E-state index contributed by atoms with van der Waals surface area (Å²) in [5.74, 6) is -0.506. The minimum absolute atomic E-state index is 0. The quantitative estimate of drug-likeness (QED) is 0.598.